The van der Waals surface area contributed by atoms with Crippen molar-refractivity contribution in [2.45, 2.75) is 6.92 Å². The Morgan fingerprint density at radius 1 is 1.85 bits per heavy atom. The fourth-order valence-corrected chi connectivity index (χ4v) is 1.02. The second-order valence-electron chi connectivity index (χ2n) is 3.40. The monoisotopic (exact) mass is 182 g/mol. The number of H-pyrrole nitrogens is 1. The van der Waals surface area contributed by atoms with Gasteiger partial charge in [0.05, 0.1) is 18.6 Å². The van der Waals surface area contributed by atoms with Crippen molar-refractivity contribution in [3.05, 3.63) is 16.8 Å². The smallest absolute Gasteiger partial charge is 0.363 e. The average molecular weight is 182 g/mol. The van der Waals surface area contributed by atoms with Crippen molar-refractivity contribution in [1.29, 1.82) is 0 Å². The number of nitrogens with zero attached hydrogens (tertiary/aromatic N) is 3. The van der Waals surface area contributed by atoms with Gasteiger partial charge in [0.1, 0.15) is 6.33 Å². The first-order chi connectivity index (χ1) is 6.20. The molecule has 1 N–H and O–H groups in total. The minimum atomic E-state index is -0.333. The highest BCUT2D eigenvalue weighted by Gasteiger charge is 2.31. The molecule has 2 rings (SSSR count). The van der Waals surface area contributed by atoms with E-state index in [1.54, 1.807) is 6.21 Å². The Bertz CT molecular complexity index is 374. The van der Waals surface area contributed by atoms with Gasteiger partial charge in [-0.05, 0) is 0 Å². The summed E-state index contributed by atoms with van der Waals surface area (Å²) in [5, 5.41) is 9.76. The molecule has 0 radical (unpaired) electrons. The van der Waals surface area contributed by atoms with E-state index in [4.69, 9.17) is 4.74 Å². The minimum Gasteiger partial charge on any atom is -0.379 e. The third-order valence-electron chi connectivity index (χ3n) is 1.89. The van der Waals surface area contributed by atoms with Gasteiger partial charge in [0, 0.05) is 6.21 Å². The third-order valence-corrected chi connectivity index (χ3v) is 1.89. The first kappa shape index (κ1) is 8.18. The van der Waals surface area contributed by atoms with E-state index in [1.807, 2.05) is 6.92 Å². The summed E-state index contributed by atoms with van der Waals surface area (Å²) in [4.78, 5) is 10.9. The maximum absolute atomic E-state index is 10.9. The van der Waals surface area contributed by atoms with Crippen LogP contribution in [-0.4, -0.2) is 34.3 Å². The standard InChI is InChI=1S/C7H10N4O2/c1-7(3-13-4-7)2-9-11-5-8-10-6(11)12/h2,5H,3-4H2,1H3,(H,10,12)/b9-2+. The van der Waals surface area contributed by atoms with Gasteiger partial charge in [-0.2, -0.15) is 14.9 Å². The Balaban J connectivity index is 2.13. The summed E-state index contributed by atoms with van der Waals surface area (Å²) in [6.45, 7) is 3.33. The SMILES string of the molecule is CC1(/C=N/n2cn[nH]c2=O)COC1. The van der Waals surface area contributed by atoms with Crippen LogP contribution < -0.4 is 5.69 Å². The lowest BCUT2D eigenvalue weighted by Gasteiger charge is -2.33. The predicted molar refractivity (Wildman–Crippen MR) is 45.7 cm³/mol. The first-order valence-corrected chi connectivity index (χ1v) is 3.95. The Morgan fingerprint density at radius 2 is 2.62 bits per heavy atom. The van der Waals surface area contributed by atoms with Crippen molar-refractivity contribution in [2.24, 2.45) is 10.5 Å². The van der Waals surface area contributed by atoms with Gasteiger partial charge in [-0.1, -0.05) is 6.92 Å². The van der Waals surface area contributed by atoms with E-state index in [0.717, 1.165) is 4.68 Å². The molecular weight excluding hydrogens is 172 g/mol. The molecule has 0 bridgehead atoms. The van der Waals surface area contributed by atoms with Gasteiger partial charge in [0.15, 0.2) is 0 Å². The summed E-state index contributed by atoms with van der Waals surface area (Å²) in [6, 6.07) is 0. The highest BCUT2D eigenvalue weighted by Crippen LogP contribution is 2.23. The summed E-state index contributed by atoms with van der Waals surface area (Å²) in [5.74, 6) is 0. The largest absolute Gasteiger partial charge is 0.379 e. The van der Waals surface area contributed by atoms with Gasteiger partial charge in [0.2, 0.25) is 0 Å². The van der Waals surface area contributed by atoms with Crippen molar-refractivity contribution >= 4 is 6.21 Å². The van der Waals surface area contributed by atoms with Crippen LogP contribution in [0.5, 0.6) is 0 Å². The van der Waals surface area contributed by atoms with Crippen LogP contribution in [-0.2, 0) is 4.74 Å². The predicted octanol–water partition coefficient (Wildman–Crippen LogP) is -0.558. The second-order valence-corrected chi connectivity index (χ2v) is 3.40. The van der Waals surface area contributed by atoms with E-state index in [1.165, 1.54) is 6.33 Å². The molecule has 0 spiro atoms. The van der Waals surface area contributed by atoms with E-state index >= 15 is 0 Å². The zero-order chi connectivity index (χ0) is 9.31. The van der Waals surface area contributed by atoms with Gasteiger partial charge < -0.3 is 4.74 Å². The fourth-order valence-electron chi connectivity index (χ4n) is 1.02. The van der Waals surface area contributed by atoms with Crippen molar-refractivity contribution in [1.82, 2.24) is 14.9 Å². The normalized spacial score (nSPS) is 20.4. The maximum atomic E-state index is 10.9. The van der Waals surface area contributed by atoms with Crippen LogP contribution in [0.4, 0.5) is 0 Å². The molecule has 13 heavy (non-hydrogen) atoms. The lowest BCUT2D eigenvalue weighted by Crippen LogP contribution is -2.41. The summed E-state index contributed by atoms with van der Waals surface area (Å²) >= 11 is 0. The van der Waals surface area contributed by atoms with Gasteiger partial charge >= 0.3 is 5.69 Å². The number of hydrogen-bond acceptors (Lipinski definition) is 4. The molecule has 1 fully saturated rings. The van der Waals surface area contributed by atoms with Crippen molar-refractivity contribution in [2.75, 3.05) is 13.2 Å². The fraction of sp³-hybridized carbons (Fsp3) is 0.571. The van der Waals surface area contributed by atoms with E-state index in [2.05, 4.69) is 15.3 Å². The van der Waals surface area contributed by atoms with E-state index < -0.39 is 0 Å². The number of aromatic amines is 1. The Morgan fingerprint density at radius 3 is 3.08 bits per heavy atom. The highest BCUT2D eigenvalue weighted by atomic mass is 16.5. The Labute approximate surface area is 74.2 Å². The number of aromatic nitrogens is 3. The molecule has 1 aromatic heterocycles. The zero-order valence-electron chi connectivity index (χ0n) is 7.23. The van der Waals surface area contributed by atoms with Crippen molar-refractivity contribution in [3.63, 3.8) is 0 Å². The molecule has 6 nitrogen and oxygen atoms in total. The molecule has 1 aromatic rings. The molecule has 0 aromatic carbocycles. The molecule has 6 heteroatoms. The molecule has 0 atom stereocenters. The molecule has 1 saturated heterocycles. The van der Waals surface area contributed by atoms with Crippen LogP contribution in [0.2, 0.25) is 0 Å². The quantitative estimate of drug-likeness (QED) is 0.623. The molecule has 0 saturated carbocycles. The van der Waals surface area contributed by atoms with E-state index in [9.17, 15) is 4.79 Å². The van der Waals surface area contributed by atoms with Crippen LogP contribution in [0.25, 0.3) is 0 Å². The molecular formula is C7H10N4O2. The van der Waals surface area contributed by atoms with Crippen LogP contribution in [0.15, 0.2) is 16.2 Å². The second kappa shape index (κ2) is 2.81. The lowest BCUT2D eigenvalue weighted by atomic mass is 9.91. The van der Waals surface area contributed by atoms with Gasteiger partial charge in [-0.3, -0.25) is 0 Å². The minimum absolute atomic E-state index is 0.0310. The van der Waals surface area contributed by atoms with Crippen LogP contribution in [0.1, 0.15) is 6.92 Å². The Kier molecular flexibility index (Phi) is 1.77. The molecule has 70 valence electrons. The lowest BCUT2D eigenvalue weighted by molar-refractivity contribution is -0.0557. The van der Waals surface area contributed by atoms with E-state index in [0.29, 0.717) is 13.2 Å². The first-order valence-electron chi connectivity index (χ1n) is 3.95. The molecule has 0 unspecified atom stereocenters. The molecule has 2 heterocycles. The molecule has 0 aliphatic carbocycles. The van der Waals surface area contributed by atoms with Gasteiger partial charge in [-0.25, -0.2) is 9.89 Å². The topological polar surface area (TPSA) is 72.3 Å². The summed E-state index contributed by atoms with van der Waals surface area (Å²) in [5.41, 5.74) is -0.364. The van der Waals surface area contributed by atoms with Crippen LogP contribution in [0, 0.1) is 5.41 Å². The number of rotatable bonds is 2. The summed E-state index contributed by atoms with van der Waals surface area (Å²) < 4.78 is 6.19. The molecule has 0 amide bonds. The Hall–Kier alpha value is -1.43. The van der Waals surface area contributed by atoms with Gasteiger partial charge in [-0.15, -0.1) is 0 Å². The van der Waals surface area contributed by atoms with Gasteiger partial charge in [0.25, 0.3) is 0 Å². The zero-order valence-corrected chi connectivity index (χ0v) is 7.23. The van der Waals surface area contributed by atoms with Crippen LogP contribution >= 0.6 is 0 Å². The maximum Gasteiger partial charge on any atom is 0.363 e. The third kappa shape index (κ3) is 1.52. The number of ether oxygens (including phenoxy) is 1. The summed E-state index contributed by atoms with van der Waals surface area (Å²) in [7, 11) is 0. The van der Waals surface area contributed by atoms with Crippen molar-refractivity contribution in [3.8, 4) is 0 Å². The molecule has 1 aliphatic heterocycles. The number of hydrogen-bond donors (Lipinski definition) is 1. The van der Waals surface area contributed by atoms with Crippen molar-refractivity contribution < 1.29 is 4.74 Å². The highest BCUT2D eigenvalue weighted by molar-refractivity contribution is 5.66. The average Bonchev–Trinajstić information content (AvgIpc) is 2.44. The summed E-state index contributed by atoms with van der Waals surface area (Å²) in [6.07, 6.45) is 3.05. The molecule has 1 aliphatic rings. The van der Waals surface area contributed by atoms with Crippen LogP contribution in [0.3, 0.4) is 0 Å². The van der Waals surface area contributed by atoms with E-state index in [-0.39, 0.29) is 11.1 Å². The number of nitrogens with one attached hydrogen (secondary N) is 1.